The van der Waals surface area contributed by atoms with Crippen LogP contribution in [0.3, 0.4) is 0 Å². The maximum atomic E-state index is 14.0. The Bertz CT molecular complexity index is 872. The van der Waals surface area contributed by atoms with Crippen molar-refractivity contribution in [2.24, 2.45) is 0 Å². The van der Waals surface area contributed by atoms with Crippen LogP contribution in [-0.4, -0.2) is 14.5 Å². The van der Waals surface area contributed by atoms with Crippen molar-refractivity contribution in [2.45, 2.75) is 0 Å². The second-order valence-electron chi connectivity index (χ2n) is 3.92. The van der Waals surface area contributed by atoms with E-state index < -0.39 is 5.82 Å². The van der Waals surface area contributed by atoms with Gasteiger partial charge in [-0.2, -0.15) is 5.26 Å². The van der Waals surface area contributed by atoms with Crippen LogP contribution in [0, 0.1) is 21.9 Å². The fraction of sp³-hybridized carbons (Fsp3) is 0. The predicted octanol–water partition coefficient (Wildman–Crippen LogP) is 3.09. The van der Waals surface area contributed by atoms with Crippen LogP contribution in [0.15, 0.2) is 36.5 Å². The second kappa shape index (κ2) is 4.30. The molecule has 0 aliphatic rings. The van der Waals surface area contributed by atoms with Crippen molar-refractivity contribution in [3.63, 3.8) is 0 Å². The lowest BCUT2D eigenvalue weighted by atomic mass is 10.2. The van der Waals surface area contributed by atoms with Gasteiger partial charge in [0, 0.05) is 6.20 Å². The number of halogens is 1. The smallest absolute Gasteiger partial charge is 0.184 e. The van der Waals surface area contributed by atoms with E-state index in [9.17, 15) is 4.39 Å². The van der Waals surface area contributed by atoms with E-state index in [4.69, 9.17) is 17.5 Å². The molecule has 6 heteroatoms. The summed E-state index contributed by atoms with van der Waals surface area (Å²) in [6.45, 7) is 0. The third-order valence-electron chi connectivity index (χ3n) is 2.76. The number of pyridine rings is 1. The molecule has 2 aromatic heterocycles. The largest absolute Gasteiger partial charge is 0.329 e. The maximum absolute atomic E-state index is 14.0. The van der Waals surface area contributed by atoms with E-state index in [2.05, 4.69) is 9.97 Å². The first-order valence-electron chi connectivity index (χ1n) is 5.46. The average Bonchev–Trinajstić information content (AvgIpc) is 2.75. The fourth-order valence-corrected chi connectivity index (χ4v) is 2.22. The normalized spacial score (nSPS) is 10.5. The van der Waals surface area contributed by atoms with E-state index in [1.807, 2.05) is 12.1 Å². The molecule has 3 rings (SSSR count). The molecular weight excluding hydrogens is 263 g/mol. The minimum absolute atomic E-state index is 0.264. The Kier molecular flexibility index (Phi) is 2.62. The number of rotatable bonds is 1. The minimum Gasteiger partial charge on any atom is -0.329 e. The van der Waals surface area contributed by atoms with Crippen LogP contribution < -0.4 is 0 Å². The molecule has 0 spiro atoms. The summed E-state index contributed by atoms with van der Waals surface area (Å²) in [5.41, 5.74) is 1.82. The van der Waals surface area contributed by atoms with Gasteiger partial charge in [0.25, 0.3) is 0 Å². The van der Waals surface area contributed by atoms with Crippen molar-refractivity contribution < 1.29 is 4.39 Å². The van der Waals surface area contributed by atoms with Gasteiger partial charge in [0.05, 0.1) is 22.8 Å². The quantitative estimate of drug-likeness (QED) is 0.691. The van der Waals surface area contributed by atoms with Gasteiger partial charge < -0.3 is 4.98 Å². The summed E-state index contributed by atoms with van der Waals surface area (Å²) in [7, 11) is 0. The van der Waals surface area contributed by atoms with Crippen LogP contribution in [0.5, 0.6) is 0 Å². The summed E-state index contributed by atoms with van der Waals surface area (Å²) in [4.78, 5) is 7.16. The number of fused-ring (bicyclic) bond motifs is 1. The number of hydrogen-bond acceptors (Lipinski definition) is 3. The maximum Gasteiger partial charge on any atom is 0.184 e. The fourth-order valence-electron chi connectivity index (χ4n) is 1.92. The van der Waals surface area contributed by atoms with Gasteiger partial charge in [-0.05, 0) is 42.5 Å². The molecule has 0 aliphatic heterocycles. The van der Waals surface area contributed by atoms with Gasteiger partial charge in [0.1, 0.15) is 5.82 Å². The standard InChI is InChI=1S/C13H7FN4S/c14-9-6-8(7-15)3-4-11(9)18-12-10(17-13(18)19)2-1-5-16-12/h1-6H,(H,17,19). The Labute approximate surface area is 112 Å². The second-order valence-corrected chi connectivity index (χ2v) is 4.30. The molecule has 0 bridgehead atoms. The molecule has 0 unspecified atom stereocenters. The van der Waals surface area contributed by atoms with E-state index in [0.717, 1.165) is 5.52 Å². The number of nitrogens with one attached hydrogen (secondary N) is 1. The highest BCUT2D eigenvalue weighted by molar-refractivity contribution is 7.71. The summed E-state index contributed by atoms with van der Waals surface area (Å²) < 4.78 is 15.9. The molecule has 0 fully saturated rings. The molecule has 0 aliphatic carbocycles. The molecular formula is C13H7FN4S. The van der Waals surface area contributed by atoms with Crippen molar-refractivity contribution in [1.29, 1.82) is 5.26 Å². The summed E-state index contributed by atoms with van der Waals surface area (Å²) in [5, 5.41) is 8.75. The lowest BCUT2D eigenvalue weighted by molar-refractivity contribution is 0.618. The molecule has 0 saturated carbocycles. The Morgan fingerprint density at radius 3 is 2.95 bits per heavy atom. The van der Waals surface area contributed by atoms with Crippen molar-refractivity contribution in [1.82, 2.24) is 14.5 Å². The van der Waals surface area contributed by atoms with E-state index in [0.29, 0.717) is 10.4 Å². The van der Waals surface area contributed by atoms with Gasteiger partial charge in [-0.25, -0.2) is 9.37 Å². The molecule has 0 saturated heterocycles. The van der Waals surface area contributed by atoms with Gasteiger partial charge in [-0.15, -0.1) is 0 Å². The lowest BCUT2D eigenvalue weighted by Crippen LogP contribution is -1.99. The predicted molar refractivity (Wildman–Crippen MR) is 70.9 cm³/mol. The van der Waals surface area contributed by atoms with Crippen LogP contribution in [0.25, 0.3) is 16.9 Å². The van der Waals surface area contributed by atoms with E-state index in [-0.39, 0.29) is 11.3 Å². The van der Waals surface area contributed by atoms with Gasteiger partial charge in [-0.3, -0.25) is 4.57 Å². The number of hydrogen-bond donors (Lipinski definition) is 1. The number of benzene rings is 1. The van der Waals surface area contributed by atoms with Gasteiger partial charge in [-0.1, -0.05) is 0 Å². The van der Waals surface area contributed by atoms with Gasteiger partial charge in [0.2, 0.25) is 0 Å². The van der Waals surface area contributed by atoms with E-state index >= 15 is 0 Å². The zero-order chi connectivity index (χ0) is 13.4. The molecule has 0 radical (unpaired) electrons. The molecule has 0 amide bonds. The van der Waals surface area contributed by atoms with Gasteiger partial charge in [0.15, 0.2) is 10.4 Å². The molecule has 4 nitrogen and oxygen atoms in total. The van der Waals surface area contributed by atoms with Crippen molar-refractivity contribution >= 4 is 23.4 Å². The first kappa shape index (κ1) is 11.6. The third kappa shape index (κ3) is 1.80. The Morgan fingerprint density at radius 2 is 2.21 bits per heavy atom. The van der Waals surface area contributed by atoms with Crippen LogP contribution in [0.4, 0.5) is 4.39 Å². The van der Waals surface area contributed by atoms with E-state index in [1.165, 1.54) is 16.7 Å². The average molecular weight is 270 g/mol. The Balaban J connectivity index is 2.34. The van der Waals surface area contributed by atoms with Crippen molar-refractivity contribution in [3.05, 3.63) is 52.7 Å². The molecule has 92 valence electrons. The summed E-state index contributed by atoms with van der Waals surface area (Å²) >= 11 is 5.19. The zero-order valence-electron chi connectivity index (χ0n) is 9.59. The number of H-pyrrole nitrogens is 1. The molecule has 2 heterocycles. The minimum atomic E-state index is -0.512. The monoisotopic (exact) mass is 270 g/mol. The van der Waals surface area contributed by atoms with Crippen LogP contribution >= 0.6 is 12.2 Å². The highest BCUT2D eigenvalue weighted by atomic mass is 32.1. The van der Waals surface area contributed by atoms with Crippen molar-refractivity contribution in [2.75, 3.05) is 0 Å². The first-order valence-corrected chi connectivity index (χ1v) is 5.87. The van der Waals surface area contributed by atoms with E-state index in [1.54, 1.807) is 18.3 Å². The third-order valence-corrected chi connectivity index (χ3v) is 3.05. The molecule has 0 atom stereocenters. The highest BCUT2D eigenvalue weighted by Crippen LogP contribution is 2.20. The molecule has 1 N–H and O–H groups in total. The number of nitrogens with zero attached hydrogens (tertiary/aromatic N) is 3. The van der Waals surface area contributed by atoms with Crippen LogP contribution in [-0.2, 0) is 0 Å². The highest BCUT2D eigenvalue weighted by Gasteiger charge is 2.11. The summed E-state index contributed by atoms with van der Waals surface area (Å²) in [6.07, 6.45) is 1.61. The van der Waals surface area contributed by atoms with Crippen LogP contribution in [0.2, 0.25) is 0 Å². The summed E-state index contributed by atoms with van der Waals surface area (Å²) in [5.74, 6) is -0.512. The lowest BCUT2D eigenvalue weighted by Gasteiger charge is -2.05. The Hall–Kier alpha value is -2.52. The number of aromatic amines is 1. The van der Waals surface area contributed by atoms with Crippen molar-refractivity contribution in [3.8, 4) is 11.8 Å². The van der Waals surface area contributed by atoms with Gasteiger partial charge >= 0.3 is 0 Å². The molecule has 1 aromatic carbocycles. The number of nitriles is 1. The topological polar surface area (TPSA) is 57.4 Å². The number of aromatic nitrogens is 3. The summed E-state index contributed by atoms with van der Waals surface area (Å²) in [6, 6.07) is 9.72. The Morgan fingerprint density at radius 1 is 1.37 bits per heavy atom. The first-order chi connectivity index (χ1) is 9.20. The zero-order valence-corrected chi connectivity index (χ0v) is 10.4. The molecule has 3 aromatic rings. The molecule has 19 heavy (non-hydrogen) atoms. The van der Waals surface area contributed by atoms with Crippen LogP contribution in [0.1, 0.15) is 5.56 Å². The number of imidazole rings is 1. The SMILES string of the molecule is N#Cc1ccc(-n2c(=S)[nH]c3cccnc32)c(F)c1.